The third-order valence-corrected chi connectivity index (χ3v) is 4.34. The summed E-state index contributed by atoms with van der Waals surface area (Å²) in [6, 6.07) is 4.88. The number of aliphatic hydroxyl groups excluding tert-OH is 1. The molecule has 0 unspecified atom stereocenters. The molecule has 0 aromatic heterocycles. The Balaban J connectivity index is 2.19. The van der Waals surface area contributed by atoms with Crippen LogP contribution in [0.1, 0.15) is 23.2 Å². The normalized spacial score (nSPS) is 23.4. The maximum absolute atomic E-state index is 11.9. The molecule has 0 atom stereocenters. The van der Waals surface area contributed by atoms with E-state index in [1.807, 2.05) is 0 Å². The molecule has 0 radical (unpaired) electrons. The minimum atomic E-state index is -3.72. The minimum absolute atomic E-state index is 0.0773. The summed E-state index contributed by atoms with van der Waals surface area (Å²) < 4.78 is 26.3. The highest BCUT2D eigenvalue weighted by molar-refractivity contribution is 7.89. The molecule has 0 saturated heterocycles. The van der Waals surface area contributed by atoms with Crippen molar-refractivity contribution < 1.29 is 23.4 Å². The summed E-state index contributed by atoms with van der Waals surface area (Å²) in [6.45, 7) is 0. The van der Waals surface area contributed by atoms with Crippen molar-refractivity contribution in [3.8, 4) is 0 Å². The van der Waals surface area contributed by atoms with Gasteiger partial charge in [-0.1, -0.05) is 6.07 Å². The van der Waals surface area contributed by atoms with Gasteiger partial charge < -0.3 is 10.2 Å². The van der Waals surface area contributed by atoms with Crippen LogP contribution >= 0.6 is 0 Å². The van der Waals surface area contributed by atoms with Crippen molar-refractivity contribution in [2.24, 2.45) is 0 Å². The molecular weight excluding hydrogens is 258 g/mol. The van der Waals surface area contributed by atoms with Gasteiger partial charge in [-0.05, 0) is 31.0 Å². The third kappa shape index (κ3) is 2.69. The lowest BCUT2D eigenvalue weighted by atomic mass is 9.91. The molecule has 18 heavy (non-hydrogen) atoms. The topological polar surface area (TPSA) is 104 Å². The molecule has 0 spiro atoms. The van der Waals surface area contributed by atoms with Crippen molar-refractivity contribution in [3.63, 3.8) is 0 Å². The van der Waals surface area contributed by atoms with E-state index in [0.717, 1.165) is 6.07 Å². The SMILES string of the molecule is O=C(O)c1cccc(S(=O)(=O)NC2CC(O)C2)c1. The van der Waals surface area contributed by atoms with Gasteiger partial charge in [0.05, 0.1) is 16.6 Å². The second kappa shape index (κ2) is 4.68. The van der Waals surface area contributed by atoms with Gasteiger partial charge in [0.2, 0.25) is 10.0 Å². The first-order chi connectivity index (χ1) is 8.38. The Morgan fingerprint density at radius 3 is 2.56 bits per heavy atom. The second-order valence-electron chi connectivity index (χ2n) is 4.28. The highest BCUT2D eigenvalue weighted by Crippen LogP contribution is 2.22. The van der Waals surface area contributed by atoms with Gasteiger partial charge in [0.25, 0.3) is 0 Å². The Bertz CT molecular complexity index is 563. The molecule has 1 saturated carbocycles. The lowest BCUT2D eigenvalue weighted by Crippen LogP contribution is -2.46. The highest BCUT2D eigenvalue weighted by atomic mass is 32.2. The Hall–Kier alpha value is -1.44. The Kier molecular flexibility index (Phi) is 3.38. The number of carboxylic acid groups (broad SMARTS) is 1. The smallest absolute Gasteiger partial charge is 0.335 e. The van der Waals surface area contributed by atoms with E-state index in [1.165, 1.54) is 18.2 Å². The highest BCUT2D eigenvalue weighted by Gasteiger charge is 2.31. The number of hydrogen-bond donors (Lipinski definition) is 3. The van der Waals surface area contributed by atoms with Gasteiger partial charge in [0.1, 0.15) is 0 Å². The van der Waals surface area contributed by atoms with Crippen LogP contribution in [0.2, 0.25) is 0 Å². The van der Waals surface area contributed by atoms with Crippen molar-refractivity contribution in [1.29, 1.82) is 0 Å². The van der Waals surface area contributed by atoms with Gasteiger partial charge in [0.15, 0.2) is 0 Å². The first-order valence-electron chi connectivity index (χ1n) is 5.42. The van der Waals surface area contributed by atoms with E-state index < -0.39 is 22.1 Å². The lowest BCUT2D eigenvalue weighted by molar-refractivity contribution is 0.0695. The molecule has 1 aromatic carbocycles. The Morgan fingerprint density at radius 2 is 2.00 bits per heavy atom. The number of carboxylic acids is 1. The van der Waals surface area contributed by atoms with Gasteiger partial charge in [-0.15, -0.1) is 0 Å². The van der Waals surface area contributed by atoms with Crippen LogP contribution in [-0.4, -0.2) is 36.7 Å². The Labute approximate surface area is 104 Å². The van der Waals surface area contributed by atoms with E-state index in [2.05, 4.69) is 4.72 Å². The molecular formula is C11H13NO5S. The number of aliphatic hydroxyl groups is 1. The van der Waals surface area contributed by atoms with E-state index in [-0.39, 0.29) is 16.5 Å². The second-order valence-corrected chi connectivity index (χ2v) is 5.99. The number of nitrogens with one attached hydrogen (secondary N) is 1. The zero-order chi connectivity index (χ0) is 13.3. The summed E-state index contributed by atoms with van der Waals surface area (Å²) in [5.41, 5.74) is -0.0773. The molecule has 1 aromatic rings. The maximum atomic E-state index is 11.9. The van der Waals surface area contributed by atoms with Crippen LogP contribution in [0, 0.1) is 0 Å². The molecule has 0 heterocycles. The summed E-state index contributed by atoms with van der Waals surface area (Å²) >= 11 is 0. The fourth-order valence-corrected chi connectivity index (χ4v) is 3.07. The minimum Gasteiger partial charge on any atom is -0.478 e. The standard InChI is InChI=1S/C11H13NO5S/c13-9-5-8(6-9)12-18(16,17)10-3-1-2-7(4-10)11(14)15/h1-4,8-9,12-13H,5-6H2,(H,14,15). The van der Waals surface area contributed by atoms with Gasteiger partial charge >= 0.3 is 5.97 Å². The lowest BCUT2D eigenvalue weighted by Gasteiger charge is -2.31. The number of sulfonamides is 1. The average Bonchev–Trinajstić information content (AvgIpc) is 2.27. The predicted octanol–water partition coefficient (Wildman–Crippen LogP) is 0.186. The van der Waals surface area contributed by atoms with Crippen molar-refractivity contribution in [1.82, 2.24) is 4.72 Å². The summed E-state index contributed by atoms with van der Waals surface area (Å²) in [7, 11) is -3.72. The number of carbonyl (C=O) groups is 1. The van der Waals surface area contributed by atoms with Crippen LogP contribution < -0.4 is 4.72 Å². The average molecular weight is 271 g/mol. The summed E-state index contributed by atoms with van der Waals surface area (Å²) in [6.07, 6.45) is 0.318. The summed E-state index contributed by atoms with van der Waals surface area (Å²) in [5, 5.41) is 17.9. The molecule has 1 aliphatic rings. The van der Waals surface area contributed by atoms with E-state index >= 15 is 0 Å². The quantitative estimate of drug-likeness (QED) is 0.725. The third-order valence-electron chi connectivity index (χ3n) is 2.83. The predicted molar refractivity (Wildman–Crippen MR) is 62.8 cm³/mol. The molecule has 0 amide bonds. The number of rotatable bonds is 4. The number of benzene rings is 1. The van der Waals surface area contributed by atoms with Crippen LogP contribution in [0.4, 0.5) is 0 Å². The van der Waals surface area contributed by atoms with Crippen LogP contribution in [0.3, 0.4) is 0 Å². The molecule has 1 aliphatic carbocycles. The molecule has 0 aliphatic heterocycles. The van der Waals surface area contributed by atoms with Gasteiger partial charge in [-0.2, -0.15) is 0 Å². The van der Waals surface area contributed by atoms with Crippen LogP contribution in [0.5, 0.6) is 0 Å². The van der Waals surface area contributed by atoms with E-state index in [4.69, 9.17) is 10.2 Å². The first-order valence-corrected chi connectivity index (χ1v) is 6.90. The van der Waals surface area contributed by atoms with Crippen molar-refractivity contribution >= 4 is 16.0 Å². The number of aromatic carboxylic acids is 1. The summed E-state index contributed by atoms with van der Waals surface area (Å²) in [5.74, 6) is -1.17. The van der Waals surface area contributed by atoms with Gasteiger partial charge in [-0.3, -0.25) is 0 Å². The van der Waals surface area contributed by atoms with Crippen molar-refractivity contribution in [2.45, 2.75) is 29.9 Å². The summed E-state index contributed by atoms with van der Waals surface area (Å²) in [4.78, 5) is 10.7. The van der Waals surface area contributed by atoms with Crippen LogP contribution in [0.15, 0.2) is 29.2 Å². The van der Waals surface area contributed by atoms with Crippen LogP contribution in [-0.2, 0) is 10.0 Å². The van der Waals surface area contributed by atoms with Gasteiger partial charge in [-0.25, -0.2) is 17.9 Å². The van der Waals surface area contributed by atoms with E-state index in [0.29, 0.717) is 12.8 Å². The Morgan fingerprint density at radius 1 is 1.33 bits per heavy atom. The molecule has 3 N–H and O–H groups in total. The van der Waals surface area contributed by atoms with E-state index in [1.54, 1.807) is 0 Å². The zero-order valence-corrected chi connectivity index (χ0v) is 10.2. The zero-order valence-electron chi connectivity index (χ0n) is 9.41. The monoisotopic (exact) mass is 271 g/mol. The largest absolute Gasteiger partial charge is 0.478 e. The molecule has 1 fully saturated rings. The van der Waals surface area contributed by atoms with Crippen molar-refractivity contribution in [3.05, 3.63) is 29.8 Å². The molecule has 6 nitrogen and oxygen atoms in total. The van der Waals surface area contributed by atoms with E-state index in [9.17, 15) is 13.2 Å². The molecule has 7 heteroatoms. The number of hydrogen-bond acceptors (Lipinski definition) is 4. The molecule has 98 valence electrons. The molecule has 0 bridgehead atoms. The first kappa shape index (κ1) is 13.0. The fraction of sp³-hybridized carbons (Fsp3) is 0.364. The van der Waals surface area contributed by atoms with Gasteiger partial charge in [0, 0.05) is 6.04 Å². The molecule has 2 rings (SSSR count). The maximum Gasteiger partial charge on any atom is 0.335 e. The van der Waals surface area contributed by atoms with Crippen molar-refractivity contribution in [2.75, 3.05) is 0 Å². The van der Waals surface area contributed by atoms with Crippen LogP contribution in [0.25, 0.3) is 0 Å². The fourth-order valence-electron chi connectivity index (χ4n) is 1.77.